The lowest BCUT2D eigenvalue weighted by atomic mass is 10.1. The van der Waals surface area contributed by atoms with E-state index in [0.717, 1.165) is 18.5 Å². The molecule has 0 unspecified atom stereocenters. The SMILES string of the molecule is Cc1cc(F)c(C(=O)Nc2cccc(-c3nccn3[C@@H](C)CF)n2)cc1-n1cnc(C2CC2)c1. The number of imidazole rings is 2. The number of anilines is 1. The zero-order chi connectivity index (χ0) is 23.8. The normalized spacial score (nSPS) is 14.2. The summed E-state index contributed by atoms with van der Waals surface area (Å²) in [5.74, 6) is -0.0236. The molecule has 1 N–H and O–H groups in total. The fourth-order valence-electron chi connectivity index (χ4n) is 3.93. The zero-order valence-corrected chi connectivity index (χ0v) is 18.9. The number of carbonyl (C=O) groups is 1. The number of nitrogens with one attached hydrogen (secondary N) is 1. The minimum atomic E-state index is -0.621. The molecule has 1 atom stereocenters. The van der Waals surface area contributed by atoms with Gasteiger partial charge >= 0.3 is 0 Å². The molecule has 1 fully saturated rings. The molecule has 0 aliphatic heterocycles. The van der Waals surface area contributed by atoms with Crippen LogP contribution < -0.4 is 5.32 Å². The van der Waals surface area contributed by atoms with Crippen LogP contribution >= 0.6 is 0 Å². The number of hydrogen-bond donors (Lipinski definition) is 1. The van der Waals surface area contributed by atoms with Crippen LogP contribution in [0.1, 0.15) is 53.3 Å². The van der Waals surface area contributed by atoms with Crippen molar-refractivity contribution in [2.24, 2.45) is 0 Å². The summed E-state index contributed by atoms with van der Waals surface area (Å²) in [6.45, 7) is 2.98. The summed E-state index contributed by atoms with van der Waals surface area (Å²) >= 11 is 0. The lowest BCUT2D eigenvalue weighted by Gasteiger charge is -2.13. The summed E-state index contributed by atoms with van der Waals surface area (Å²) in [6.07, 6.45) is 9.15. The van der Waals surface area contributed by atoms with Gasteiger partial charge in [0.25, 0.3) is 5.91 Å². The standard InChI is InChI=1S/C25H24F2N6O/c1-15-10-19(27)18(11-22(15)32-13-21(29-14-32)17-6-7-17)25(34)31-23-5-3-4-20(30-23)24-28-8-9-33(24)16(2)12-26/h3-5,8-11,13-14,16-17H,6-7,12H2,1-2H3,(H,30,31,34)/t16-/m0/s1. The summed E-state index contributed by atoms with van der Waals surface area (Å²) in [4.78, 5) is 26.1. The van der Waals surface area contributed by atoms with E-state index in [1.807, 2.05) is 10.8 Å². The number of carbonyl (C=O) groups excluding carboxylic acids is 1. The molecule has 0 spiro atoms. The van der Waals surface area contributed by atoms with Crippen LogP contribution in [0.2, 0.25) is 0 Å². The van der Waals surface area contributed by atoms with Crippen LogP contribution in [0.25, 0.3) is 17.2 Å². The Balaban J connectivity index is 1.41. The summed E-state index contributed by atoms with van der Waals surface area (Å²) in [6, 6.07) is 7.51. The van der Waals surface area contributed by atoms with Crippen LogP contribution in [0.3, 0.4) is 0 Å². The van der Waals surface area contributed by atoms with Crippen molar-refractivity contribution in [1.82, 2.24) is 24.1 Å². The maximum Gasteiger partial charge on any atom is 0.259 e. The Hall–Kier alpha value is -3.88. The van der Waals surface area contributed by atoms with Crippen LogP contribution in [0.15, 0.2) is 55.2 Å². The van der Waals surface area contributed by atoms with Gasteiger partial charge in [-0.3, -0.25) is 4.79 Å². The molecular formula is C25H24F2N6O. The van der Waals surface area contributed by atoms with E-state index in [-0.39, 0.29) is 11.4 Å². The second-order valence-electron chi connectivity index (χ2n) is 8.62. The van der Waals surface area contributed by atoms with Crippen molar-refractivity contribution < 1.29 is 13.6 Å². The first kappa shape index (κ1) is 21.9. The zero-order valence-electron chi connectivity index (χ0n) is 18.9. The van der Waals surface area contributed by atoms with Gasteiger partial charge in [0.15, 0.2) is 5.82 Å². The summed E-state index contributed by atoms with van der Waals surface area (Å²) in [7, 11) is 0. The smallest absolute Gasteiger partial charge is 0.259 e. The van der Waals surface area contributed by atoms with Gasteiger partial charge in [0, 0.05) is 24.5 Å². The Bertz CT molecular complexity index is 1360. The second-order valence-corrected chi connectivity index (χ2v) is 8.62. The van der Waals surface area contributed by atoms with Gasteiger partial charge in [-0.25, -0.2) is 23.7 Å². The van der Waals surface area contributed by atoms with E-state index in [2.05, 4.69) is 20.3 Å². The van der Waals surface area contributed by atoms with Crippen molar-refractivity contribution in [1.29, 1.82) is 0 Å². The van der Waals surface area contributed by atoms with E-state index in [0.29, 0.717) is 28.7 Å². The molecule has 0 bridgehead atoms. The highest BCUT2D eigenvalue weighted by atomic mass is 19.1. The molecule has 174 valence electrons. The van der Waals surface area contributed by atoms with Gasteiger partial charge in [-0.15, -0.1) is 0 Å². The van der Waals surface area contributed by atoms with Crippen molar-refractivity contribution >= 4 is 11.7 Å². The highest BCUT2D eigenvalue weighted by molar-refractivity contribution is 6.04. The van der Waals surface area contributed by atoms with E-state index < -0.39 is 24.4 Å². The van der Waals surface area contributed by atoms with Crippen LogP contribution in [0.5, 0.6) is 0 Å². The maximum absolute atomic E-state index is 14.8. The van der Waals surface area contributed by atoms with Crippen molar-refractivity contribution in [2.45, 2.75) is 38.6 Å². The molecular weight excluding hydrogens is 438 g/mol. The number of rotatable bonds is 7. The fraction of sp³-hybridized carbons (Fsp3) is 0.280. The number of alkyl halides is 1. The van der Waals surface area contributed by atoms with Crippen LogP contribution in [-0.4, -0.2) is 36.7 Å². The molecule has 1 amide bonds. The summed E-state index contributed by atoms with van der Waals surface area (Å²) in [5.41, 5.74) is 2.77. The number of hydrogen-bond acceptors (Lipinski definition) is 4. The molecule has 3 heterocycles. The number of nitrogens with zero attached hydrogens (tertiary/aromatic N) is 5. The van der Waals surface area contributed by atoms with Gasteiger partial charge < -0.3 is 14.5 Å². The Kier molecular flexibility index (Phi) is 5.69. The third-order valence-electron chi connectivity index (χ3n) is 5.99. The lowest BCUT2D eigenvalue weighted by Crippen LogP contribution is -2.16. The van der Waals surface area contributed by atoms with Crippen molar-refractivity contribution in [3.05, 3.63) is 77.9 Å². The van der Waals surface area contributed by atoms with Crippen molar-refractivity contribution in [2.75, 3.05) is 12.0 Å². The average Bonchev–Trinajstić information content (AvgIpc) is 3.35. The first-order chi connectivity index (χ1) is 16.4. The molecule has 1 saturated carbocycles. The first-order valence-electron chi connectivity index (χ1n) is 11.2. The first-order valence-corrected chi connectivity index (χ1v) is 11.2. The number of pyridine rings is 1. The molecule has 1 aliphatic rings. The minimum absolute atomic E-state index is 0.0953. The predicted octanol–water partition coefficient (Wildman–Crippen LogP) is 5.24. The van der Waals surface area contributed by atoms with Gasteiger partial charge in [-0.2, -0.15) is 0 Å². The Morgan fingerprint density at radius 2 is 2.09 bits per heavy atom. The van der Waals surface area contributed by atoms with Gasteiger partial charge in [0.2, 0.25) is 0 Å². The predicted molar refractivity (Wildman–Crippen MR) is 124 cm³/mol. The number of aryl methyl sites for hydroxylation is 1. The summed E-state index contributed by atoms with van der Waals surface area (Å²) in [5, 5.41) is 2.67. The molecule has 0 saturated heterocycles. The molecule has 4 aromatic rings. The van der Waals surface area contributed by atoms with Crippen molar-refractivity contribution in [3.8, 4) is 17.2 Å². The highest BCUT2D eigenvalue weighted by Crippen LogP contribution is 2.39. The lowest BCUT2D eigenvalue weighted by molar-refractivity contribution is 0.102. The number of halogens is 2. The summed E-state index contributed by atoms with van der Waals surface area (Å²) < 4.78 is 31.5. The molecule has 0 radical (unpaired) electrons. The third-order valence-corrected chi connectivity index (χ3v) is 5.99. The van der Waals surface area contributed by atoms with E-state index in [4.69, 9.17) is 0 Å². The average molecular weight is 463 g/mol. The maximum atomic E-state index is 14.8. The Morgan fingerprint density at radius 1 is 1.26 bits per heavy atom. The van der Waals surface area contributed by atoms with Gasteiger partial charge in [0.1, 0.15) is 24.0 Å². The van der Waals surface area contributed by atoms with Gasteiger partial charge in [-0.05, 0) is 56.5 Å². The van der Waals surface area contributed by atoms with E-state index >= 15 is 0 Å². The molecule has 1 aromatic carbocycles. The van der Waals surface area contributed by atoms with Gasteiger partial charge in [0.05, 0.1) is 29.3 Å². The van der Waals surface area contributed by atoms with Crippen molar-refractivity contribution in [3.63, 3.8) is 0 Å². The Labute approximate surface area is 195 Å². The van der Waals surface area contributed by atoms with Crippen LogP contribution in [0.4, 0.5) is 14.6 Å². The number of benzene rings is 1. The molecule has 9 heteroatoms. The number of amides is 1. The molecule has 5 rings (SSSR count). The van der Waals surface area contributed by atoms with E-state index in [1.54, 1.807) is 55.3 Å². The minimum Gasteiger partial charge on any atom is -0.324 e. The highest BCUT2D eigenvalue weighted by Gasteiger charge is 2.26. The third kappa shape index (κ3) is 4.21. The van der Waals surface area contributed by atoms with Gasteiger partial charge in [-0.1, -0.05) is 6.07 Å². The second kappa shape index (κ2) is 8.81. The molecule has 34 heavy (non-hydrogen) atoms. The molecule has 3 aromatic heterocycles. The Morgan fingerprint density at radius 3 is 2.85 bits per heavy atom. The molecule has 7 nitrogen and oxygen atoms in total. The number of aromatic nitrogens is 5. The van der Waals surface area contributed by atoms with Crippen LogP contribution in [-0.2, 0) is 0 Å². The largest absolute Gasteiger partial charge is 0.324 e. The fourth-order valence-corrected chi connectivity index (χ4v) is 3.93. The van der Waals surface area contributed by atoms with Crippen LogP contribution in [0, 0.1) is 12.7 Å². The monoisotopic (exact) mass is 462 g/mol. The molecule has 1 aliphatic carbocycles. The quantitative estimate of drug-likeness (QED) is 0.408. The van der Waals surface area contributed by atoms with E-state index in [1.165, 1.54) is 12.1 Å². The topological polar surface area (TPSA) is 77.6 Å². The van der Waals surface area contributed by atoms with E-state index in [9.17, 15) is 13.6 Å².